The SMILES string of the molecule is CCC(C)(C)NC(=O)C(C)Oc1cc(Br)ccc1Cl. The molecule has 0 spiro atoms. The number of carbonyl (C=O) groups is 1. The molecule has 0 radical (unpaired) electrons. The molecule has 1 amide bonds. The molecule has 3 nitrogen and oxygen atoms in total. The summed E-state index contributed by atoms with van der Waals surface area (Å²) in [6, 6.07) is 5.29. The molecule has 1 rings (SSSR count). The van der Waals surface area contributed by atoms with Gasteiger partial charge in [-0.1, -0.05) is 34.5 Å². The lowest BCUT2D eigenvalue weighted by atomic mass is 10.0. The van der Waals surface area contributed by atoms with Crippen molar-refractivity contribution < 1.29 is 9.53 Å². The van der Waals surface area contributed by atoms with Crippen molar-refractivity contribution in [2.45, 2.75) is 45.8 Å². The van der Waals surface area contributed by atoms with E-state index < -0.39 is 6.10 Å². The van der Waals surface area contributed by atoms with E-state index in [1.54, 1.807) is 19.1 Å². The van der Waals surface area contributed by atoms with Crippen molar-refractivity contribution in [3.8, 4) is 5.75 Å². The average Bonchev–Trinajstić information content (AvgIpc) is 2.33. The molecule has 0 heterocycles. The van der Waals surface area contributed by atoms with Crippen molar-refractivity contribution >= 4 is 33.4 Å². The molecule has 1 unspecified atom stereocenters. The summed E-state index contributed by atoms with van der Waals surface area (Å²) in [6.45, 7) is 7.68. The Hall–Kier alpha value is -0.740. The normalized spacial score (nSPS) is 12.9. The lowest BCUT2D eigenvalue weighted by Gasteiger charge is -2.26. The number of amides is 1. The minimum Gasteiger partial charge on any atom is -0.479 e. The van der Waals surface area contributed by atoms with Gasteiger partial charge in [0.2, 0.25) is 0 Å². The first-order chi connectivity index (χ1) is 8.75. The third-order valence-electron chi connectivity index (χ3n) is 2.91. The van der Waals surface area contributed by atoms with Crippen LogP contribution in [0.25, 0.3) is 0 Å². The fourth-order valence-electron chi connectivity index (χ4n) is 1.34. The second-order valence-electron chi connectivity index (χ2n) is 5.06. The van der Waals surface area contributed by atoms with Crippen LogP contribution in [0.1, 0.15) is 34.1 Å². The Kier molecular flexibility index (Phi) is 5.68. The average molecular weight is 349 g/mol. The van der Waals surface area contributed by atoms with E-state index in [-0.39, 0.29) is 11.4 Å². The molecular weight excluding hydrogens is 330 g/mol. The number of halogens is 2. The molecule has 1 N–H and O–H groups in total. The van der Waals surface area contributed by atoms with E-state index in [9.17, 15) is 4.79 Å². The van der Waals surface area contributed by atoms with Crippen LogP contribution in [0.2, 0.25) is 5.02 Å². The van der Waals surface area contributed by atoms with E-state index in [0.29, 0.717) is 10.8 Å². The Morgan fingerprint density at radius 3 is 2.74 bits per heavy atom. The number of rotatable bonds is 5. The van der Waals surface area contributed by atoms with E-state index in [1.807, 2.05) is 26.8 Å². The van der Waals surface area contributed by atoms with Gasteiger partial charge in [-0.3, -0.25) is 4.79 Å². The summed E-state index contributed by atoms with van der Waals surface area (Å²) in [5.41, 5.74) is -0.240. The molecule has 0 bridgehead atoms. The maximum absolute atomic E-state index is 12.0. The summed E-state index contributed by atoms with van der Waals surface area (Å²) >= 11 is 9.37. The molecule has 1 atom stereocenters. The third-order valence-corrected chi connectivity index (χ3v) is 3.72. The summed E-state index contributed by atoms with van der Waals surface area (Å²) in [6.07, 6.45) is 0.251. The monoisotopic (exact) mass is 347 g/mol. The molecule has 0 aliphatic carbocycles. The second kappa shape index (κ2) is 6.62. The van der Waals surface area contributed by atoms with Crippen LogP contribution in [0.4, 0.5) is 0 Å². The van der Waals surface area contributed by atoms with Crippen LogP contribution in [0.5, 0.6) is 5.75 Å². The standard InChI is InChI=1S/C14H19BrClNO2/c1-5-14(3,4)17-13(18)9(2)19-12-8-10(15)6-7-11(12)16/h6-9H,5H2,1-4H3,(H,17,18). The van der Waals surface area contributed by atoms with E-state index in [2.05, 4.69) is 21.2 Å². The summed E-state index contributed by atoms with van der Waals surface area (Å²) in [4.78, 5) is 12.0. The highest BCUT2D eigenvalue weighted by molar-refractivity contribution is 9.10. The highest BCUT2D eigenvalue weighted by atomic mass is 79.9. The van der Waals surface area contributed by atoms with Gasteiger partial charge in [-0.2, -0.15) is 0 Å². The Morgan fingerprint density at radius 2 is 2.16 bits per heavy atom. The zero-order valence-electron chi connectivity index (χ0n) is 11.6. The third kappa shape index (κ3) is 5.03. The molecular formula is C14H19BrClNO2. The van der Waals surface area contributed by atoms with Crippen LogP contribution < -0.4 is 10.1 Å². The van der Waals surface area contributed by atoms with Gasteiger partial charge in [0.05, 0.1) is 5.02 Å². The van der Waals surface area contributed by atoms with Crippen LogP contribution >= 0.6 is 27.5 Å². The van der Waals surface area contributed by atoms with E-state index >= 15 is 0 Å². The fourth-order valence-corrected chi connectivity index (χ4v) is 1.84. The maximum atomic E-state index is 12.0. The van der Waals surface area contributed by atoms with Crippen molar-refractivity contribution in [2.75, 3.05) is 0 Å². The lowest BCUT2D eigenvalue weighted by Crippen LogP contribution is -2.48. The van der Waals surface area contributed by atoms with Crippen molar-refractivity contribution in [1.29, 1.82) is 0 Å². The van der Waals surface area contributed by atoms with Crippen molar-refractivity contribution in [3.05, 3.63) is 27.7 Å². The highest BCUT2D eigenvalue weighted by Crippen LogP contribution is 2.28. The number of benzene rings is 1. The molecule has 5 heteroatoms. The highest BCUT2D eigenvalue weighted by Gasteiger charge is 2.23. The van der Waals surface area contributed by atoms with E-state index in [0.717, 1.165) is 10.9 Å². The largest absolute Gasteiger partial charge is 0.479 e. The summed E-state index contributed by atoms with van der Waals surface area (Å²) in [5, 5.41) is 3.43. The Bertz CT molecular complexity index is 463. The Labute approximate surface area is 127 Å². The number of carbonyl (C=O) groups excluding carboxylic acids is 1. The number of hydrogen-bond donors (Lipinski definition) is 1. The van der Waals surface area contributed by atoms with Crippen molar-refractivity contribution in [1.82, 2.24) is 5.32 Å². The molecule has 0 saturated carbocycles. The van der Waals surface area contributed by atoms with Crippen LogP contribution in [0, 0.1) is 0 Å². The van der Waals surface area contributed by atoms with Gasteiger partial charge in [0.25, 0.3) is 5.91 Å². The predicted octanol–water partition coefficient (Wildman–Crippen LogP) is 4.17. The van der Waals surface area contributed by atoms with Gasteiger partial charge in [0, 0.05) is 10.0 Å². The molecule has 19 heavy (non-hydrogen) atoms. The van der Waals surface area contributed by atoms with E-state index in [4.69, 9.17) is 16.3 Å². The molecule has 106 valence electrons. The summed E-state index contributed by atoms with van der Waals surface area (Å²) < 4.78 is 6.46. The summed E-state index contributed by atoms with van der Waals surface area (Å²) in [7, 11) is 0. The van der Waals surface area contributed by atoms with Crippen LogP contribution in [-0.4, -0.2) is 17.6 Å². The second-order valence-corrected chi connectivity index (χ2v) is 6.38. The van der Waals surface area contributed by atoms with Crippen molar-refractivity contribution in [3.63, 3.8) is 0 Å². The quantitative estimate of drug-likeness (QED) is 0.867. The Balaban J connectivity index is 2.71. The topological polar surface area (TPSA) is 38.3 Å². The molecule has 1 aromatic rings. The van der Waals surface area contributed by atoms with Crippen LogP contribution in [-0.2, 0) is 4.79 Å². The van der Waals surface area contributed by atoms with Gasteiger partial charge in [0.15, 0.2) is 6.10 Å². The maximum Gasteiger partial charge on any atom is 0.261 e. The molecule has 1 aromatic carbocycles. The van der Waals surface area contributed by atoms with Gasteiger partial charge >= 0.3 is 0 Å². The minimum absolute atomic E-state index is 0.150. The lowest BCUT2D eigenvalue weighted by molar-refractivity contribution is -0.128. The first kappa shape index (κ1) is 16.3. The van der Waals surface area contributed by atoms with Gasteiger partial charge in [-0.05, 0) is 45.4 Å². The fraction of sp³-hybridized carbons (Fsp3) is 0.500. The predicted molar refractivity (Wildman–Crippen MR) is 81.8 cm³/mol. The first-order valence-electron chi connectivity index (χ1n) is 6.19. The van der Waals surface area contributed by atoms with Gasteiger partial charge < -0.3 is 10.1 Å². The van der Waals surface area contributed by atoms with Gasteiger partial charge in [-0.15, -0.1) is 0 Å². The molecule has 0 fully saturated rings. The Morgan fingerprint density at radius 1 is 1.53 bits per heavy atom. The van der Waals surface area contributed by atoms with Gasteiger partial charge in [0.1, 0.15) is 5.75 Å². The number of nitrogens with one attached hydrogen (secondary N) is 1. The molecule has 0 aromatic heterocycles. The van der Waals surface area contributed by atoms with Crippen LogP contribution in [0.3, 0.4) is 0 Å². The summed E-state index contributed by atoms with van der Waals surface area (Å²) in [5.74, 6) is 0.343. The zero-order chi connectivity index (χ0) is 14.6. The van der Waals surface area contributed by atoms with E-state index in [1.165, 1.54) is 0 Å². The number of ether oxygens (including phenoxy) is 1. The zero-order valence-corrected chi connectivity index (χ0v) is 13.9. The molecule has 0 saturated heterocycles. The smallest absolute Gasteiger partial charge is 0.261 e. The van der Waals surface area contributed by atoms with Crippen molar-refractivity contribution in [2.24, 2.45) is 0 Å². The van der Waals surface area contributed by atoms with Gasteiger partial charge in [-0.25, -0.2) is 0 Å². The first-order valence-corrected chi connectivity index (χ1v) is 7.36. The van der Waals surface area contributed by atoms with Crippen LogP contribution in [0.15, 0.2) is 22.7 Å². The minimum atomic E-state index is -0.599. The molecule has 0 aliphatic rings. The number of hydrogen-bond acceptors (Lipinski definition) is 2. The molecule has 0 aliphatic heterocycles.